The van der Waals surface area contributed by atoms with Gasteiger partial charge in [0.1, 0.15) is 16.2 Å². The lowest BCUT2D eigenvalue weighted by Gasteiger charge is -2.21. The van der Waals surface area contributed by atoms with Crippen LogP contribution in [0, 0.1) is 11.8 Å². The van der Waals surface area contributed by atoms with Crippen molar-refractivity contribution in [2.45, 2.75) is 37.0 Å². The molecule has 5 rings (SSSR count). The van der Waals surface area contributed by atoms with Crippen molar-refractivity contribution in [3.05, 3.63) is 47.5 Å². The van der Waals surface area contributed by atoms with Gasteiger partial charge in [0, 0.05) is 19.0 Å². The van der Waals surface area contributed by atoms with Crippen LogP contribution in [-0.4, -0.2) is 57.2 Å². The number of fused-ring (bicyclic) bond motifs is 3. The number of benzene rings is 2. The zero-order valence-electron chi connectivity index (χ0n) is 19.3. The van der Waals surface area contributed by atoms with E-state index in [2.05, 4.69) is 21.9 Å². The molecule has 182 valence electrons. The van der Waals surface area contributed by atoms with E-state index in [1.165, 1.54) is 6.07 Å². The number of ether oxygens (including phenoxy) is 1. The predicted molar refractivity (Wildman–Crippen MR) is 130 cm³/mol. The Kier molecular flexibility index (Phi) is 6.16. The predicted octanol–water partition coefficient (Wildman–Crippen LogP) is 3.83. The molecule has 3 N–H and O–H groups in total. The Morgan fingerprint density at radius 1 is 1.21 bits per heavy atom. The summed E-state index contributed by atoms with van der Waals surface area (Å²) in [6.45, 7) is 6.57. The molecule has 2 fully saturated rings. The Hall–Kier alpha value is -2.78. The van der Waals surface area contributed by atoms with E-state index in [-0.39, 0.29) is 21.9 Å². The van der Waals surface area contributed by atoms with Crippen LogP contribution in [0.1, 0.15) is 48.0 Å². The molecule has 34 heavy (non-hydrogen) atoms. The number of carboxylic acid groups (broad SMARTS) is 1. The number of nitrogens with zero attached hydrogens (tertiary/aromatic N) is 1. The number of aromatic carboxylic acids is 1. The number of likely N-dealkylation sites (tertiary alicyclic amines) is 1. The topological polar surface area (TPSA) is 108 Å². The quantitative estimate of drug-likeness (QED) is 0.495. The minimum absolute atomic E-state index is 0.0192. The summed E-state index contributed by atoms with van der Waals surface area (Å²) in [5.41, 5.74) is 1.25. The summed E-state index contributed by atoms with van der Waals surface area (Å²) < 4.78 is 34.9. The zero-order chi connectivity index (χ0) is 23.9. The van der Waals surface area contributed by atoms with Gasteiger partial charge in [-0.3, -0.25) is 4.72 Å². The van der Waals surface area contributed by atoms with Gasteiger partial charge in [-0.2, -0.15) is 0 Å². The van der Waals surface area contributed by atoms with Crippen LogP contribution in [0.15, 0.2) is 41.3 Å². The van der Waals surface area contributed by atoms with Crippen molar-refractivity contribution in [2.75, 3.05) is 42.8 Å². The number of para-hydroxylation sites is 1. The van der Waals surface area contributed by atoms with Gasteiger partial charge in [-0.1, -0.05) is 25.1 Å². The molecule has 2 heterocycles. The molecule has 1 saturated carbocycles. The first-order valence-corrected chi connectivity index (χ1v) is 13.5. The molecule has 3 aliphatic rings. The highest BCUT2D eigenvalue weighted by atomic mass is 32.2. The van der Waals surface area contributed by atoms with Crippen LogP contribution >= 0.6 is 0 Å². The van der Waals surface area contributed by atoms with E-state index >= 15 is 0 Å². The van der Waals surface area contributed by atoms with E-state index in [1.807, 2.05) is 0 Å². The maximum Gasteiger partial charge on any atom is 0.341 e. The van der Waals surface area contributed by atoms with Gasteiger partial charge in [-0.15, -0.1) is 0 Å². The minimum Gasteiger partial charge on any atom is -0.492 e. The Balaban J connectivity index is 1.34. The molecule has 2 aromatic rings. The summed E-state index contributed by atoms with van der Waals surface area (Å²) in [7, 11) is -4.03. The van der Waals surface area contributed by atoms with Crippen LogP contribution < -0.4 is 14.8 Å². The Morgan fingerprint density at radius 2 is 2.03 bits per heavy atom. The van der Waals surface area contributed by atoms with Crippen molar-refractivity contribution in [3.8, 4) is 5.75 Å². The molecule has 1 saturated heterocycles. The van der Waals surface area contributed by atoms with E-state index in [0.717, 1.165) is 44.5 Å². The molecule has 0 amide bonds. The van der Waals surface area contributed by atoms with Gasteiger partial charge >= 0.3 is 5.97 Å². The second kappa shape index (κ2) is 9.11. The Labute approximate surface area is 200 Å². The van der Waals surface area contributed by atoms with Crippen molar-refractivity contribution >= 4 is 27.4 Å². The minimum atomic E-state index is -4.03. The van der Waals surface area contributed by atoms with Crippen molar-refractivity contribution < 1.29 is 23.1 Å². The molecule has 2 aliphatic heterocycles. The van der Waals surface area contributed by atoms with E-state index in [0.29, 0.717) is 36.6 Å². The smallest absolute Gasteiger partial charge is 0.341 e. The summed E-state index contributed by atoms with van der Waals surface area (Å²) in [4.78, 5) is 14.6. The van der Waals surface area contributed by atoms with Crippen LogP contribution in [0.3, 0.4) is 0 Å². The third kappa shape index (κ3) is 4.46. The fraction of sp³-hybridized carbons (Fsp3) is 0.480. The number of nitrogens with one attached hydrogen (secondary N) is 2. The third-order valence-corrected chi connectivity index (χ3v) is 8.70. The Morgan fingerprint density at radius 3 is 2.79 bits per heavy atom. The molecule has 2 aromatic carbocycles. The second-order valence-electron chi connectivity index (χ2n) is 9.49. The highest BCUT2D eigenvalue weighted by Gasteiger charge is 2.45. The monoisotopic (exact) mass is 485 g/mol. The molecule has 0 spiro atoms. The maximum atomic E-state index is 13.3. The molecule has 8 nitrogen and oxygen atoms in total. The van der Waals surface area contributed by atoms with Gasteiger partial charge in [0.15, 0.2) is 0 Å². The van der Waals surface area contributed by atoms with Crippen molar-refractivity contribution in [2.24, 2.45) is 11.8 Å². The van der Waals surface area contributed by atoms with Gasteiger partial charge in [0.2, 0.25) is 0 Å². The average Bonchev–Trinajstić information content (AvgIpc) is 3.48. The first kappa shape index (κ1) is 23.0. The molecule has 1 aliphatic carbocycles. The van der Waals surface area contributed by atoms with Crippen LogP contribution in [-0.2, 0) is 10.0 Å². The number of carboxylic acids is 1. The van der Waals surface area contributed by atoms with Crippen molar-refractivity contribution in [1.82, 2.24) is 4.90 Å². The lowest BCUT2D eigenvalue weighted by atomic mass is 10.0. The highest BCUT2D eigenvalue weighted by Crippen LogP contribution is 2.55. The molecule has 3 atom stereocenters. The summed E-state index contributed by atoms with van der Waals surface area (Å²) in [6.07, 6.45) is 3.11. The molecule has 0 radical (unpaired) electrons. The largest absolute Gasteiger partial charge is 0.492 e. The summed E-state index contributed by atoms with van der Waals surface area (Å²) in [5.74, 6) is 0.424. The Bertz CT molecular complexity index is 1200. The number of carbonyl (C=O) groups is 1. The number of anilines is 2. The summed E-state index contributed by atoms with van der Waals surface area (Å²) >= 11 is 0. The van der Waals surface area contributed by atoms with Gasteiger partial charge in [-0.05, 0) is 68.0 Å². The fourth-order valence-electron chi connectivity index (χ4n) is 5.24. The molecule has 9 heteroatoms. The van der Waals surface area contributed by atoms with Crippen LogP contribution in [0.25, 0.3) is 0 Å². The molecule has 0 aromatic heterocycles. The lowest BCUT2D eigenvalue weighted by Crippen LogP contribution is -2.21. The highest BCUT2D eigenvalue weighted by molar-refractivity contribution is 7.92. The van der Waals surface area contributed by atoms with E-state index in [4.69, 9.17) is 4.74 Å². The second-order valence-corrected chi connectivity index (χ2v) is 11.1. The summed E-state index contributed by atoms with van der Waals surface area (Å²) in [5, 5.41) is 13.2. The molecular formula is C25H31N3O5S. The van der Waals surface area contributed by atoms with Crippen LogP contribution in [0.2, 0.25) is 0 Å². The maximum absolute atomic E-state index is 13.3. The van der Waals surface area contributed by atoms with Crippen LogP contribution in [0.4, 0.5) is 11.4 Å². The van der Waals surface area contributed by atoms with Gasteiger partial charge in [-0.25, -0.2) is 13.2 Å². The average molecular weight is 486 g/mol. The number of sulfonamides is 1. The normalized spacial score (nSPS) is 23.5. The van der Waals surface area contributed by atoms with E-state index in [1.54, 1.807) is 30.3 Å². The SMILES string of the molecule is CCN1CC[C@H](CCNc2ccccc2S(=O)(=O)Nc2ccc3c(c2C(=O)O)OCC2C[C@H]32)C1. The van der Waals surface area contributed by atoms with Crippen LogP contribution in [0.5, 0.6) is 5.75 Å². The zero-order valence-corrected chi connectivity index (χ0v) is 20.1. The standard InChI is InChI=1S/C25H31N3O5S/c1-2-28-12-10-16(14-28)9-11-26-20-5-3-4-6-22(20)34(31,32)27-21-8-7-18-19-13-17(19)15-33-24(18)23(21)25(29)30/h3-8,16-17,19,26-27H,2,9-15H2,1H3,(H,29,30)/t16-,17?,19-/m0/s1. The molecular weight excluding hydrogens is 454 g/mol. The number of hydrogen-bond acceptors (Lipinski definition) is 6. The first-order chi connectivity index (χ1) is 16.4. The van der Waals surface area contributed by atoms with Gasteiger partial charge in [0.05, 0.1) is 18.0 Å². The van der Waals surface area contributed by atoms with E-state index in [9.17, 15) is 18.3 Å². The van der Waals surface area contributed by atoms with Crippen molar-refractivity contribution in [1.29, 1.82) is 0 Å². The van der Waals surface area contributed by atoms with Crippen molar-refractivity contribution in [3.63, 3.8) is 0 Å². The van der Waals surface area contributed by atoms with E-state index < -0.39 is 16.0 Å². The number of rotatable bonds is 9. The third-order valence-electron chi connectivity index (χ3n) is 7.27. The summed E-state index contributed by atoms with van der Waals surface area (Å²) in [6, 6.07) is 10.1. The first-order valence-electron chi connectivity index (χ1n) is 12.0. The fourth-order valence-corrected chi connectivity index (χ4v) is 6.50. The van der Waals surface area contributed by atoms with Gasteiger partial charge < -0.3 is 20.1 Å². The molecule has 0 bridgehead atoms. The number of hydrogen-bond donors (Lipinski definition) is 3. The lowest BCUT2D eigenvalue weighted by molar-refractivity contribution is 0.0692. The van der Waals surface area contributed by atoms with Gasteiger partial charge in [0.25, 0.3) is 10.0 Å². The molecule has 1 unspecified atom stereocenters.